The van der Waals surface area contributed by atoms with Crippen molar-refractivity contribution in [2.24, 2.45) is 5.92 Å². The van der Waals surface area contributed by atoms with E-state index in [0.29, 0.717) is 0 Å². The smallest absolute Gasteiger partial charge is 0.224 e. The van der Waals surface area contributed by atoms with Gasteiger partial charge in [0.25, 0.3) is 0 Å². The molecule has 0 rings (SSSR count). The largest absolute Gasteiger partial charge is 0.374 e. The van der Waals surface area contributed by atoms with Gasteiger partial charge in [0.05, 0.1) is 5.92 Å². The summed E-state index contributed by atoms with van der Waals surface area (Å²) >= 11 is 6.78. The highest BCUT2D eigenvalue weighted by Crippen LogP contribution is 2.07. The molecule has 0 fully saturated rings. The van der Waals surface area contributed by atoms with E-state index in [1.807, 2.05) is 0 Å². The van der Waals surface area contributed by atoms with E-state index in [0.717, 1.165) is 13.8 Å². The van der Waals surface area contributed by atoms with Gasteiger partial charge in [-0.3, -0.25) is 19.2 Å². The zero-order valence-corrected chi connectivity index (χ0v) is 11.8. The summed E-state index contributed by atoms with van der Waals surface area (Å²) in [6.07, 6.45) is 0. The Hall–Kier alpha value is -0.660. The van der Waals surface area contributed by atoms with Gasteiger partial charge >= 0.3 is 0 Å². The maximum atomic E-state index is 10.4. The van der Waals surface area contributed by atoms with E-state index >= 15 is 0 Å². The number of carbonyl (C=O) groups is 4. The molecule has 0 spiro atoms. The Bertz CT molecular complexity index is 306. The SMILES string of the molecule is CC(=O)C(C)(O)C(=O)S.CC(=O)C(C)C(=O)S. The lowest BCUT2D eigenvalue weighted by atomic mass is 10.1. The van der Waals surface area contributed by atoms with Gasteiger partial charge in [0, 0.05) is 0 Å². The third kappa shape index (κ3) is 7.30. The molecule has 0 aromatic rings. The molecule has 2 atom stereocenters. The van der Waals surface area contributed by atoms with Crippen molar-refractivity contribution in [1.29, 1.82) is 0 Å². The van der Waals surface area contributed by atoms with Crippen LogP contribution >= 0.6 is 25.3 Å². The van der Waals surface area contributed by atoms with E-state index in [1.165, 1.54) is 13.8 Å². The average molecular weight is 280 g/mol. The predicted octanol–water partition coefficient (Wildman–Crippen LogP) is 0.451. The lowest BCUT2D eigenvalue weighted by Gasteiger charge is -2.13. The van der Waals surface area contributed by atoms with Crippen molar-refractivity contribution >= 4 is 47.1 Å². The van der Waals surface area contributed by atoms with Crippen molar-refractivity contribution in [3.63, 3.8) is 0 Å². The summed E-state index contributed by atoms with van der Waals surface area (Å²) in [6.45, 7) is 5.16. The monoisotopic (exact) mass is 280 g/mol. The molecule has 0 bridgehead atoms. The highest BCUT2D eigenvalue weighted by atomic mass is 32.1. The third-order valence-corrected chi connectivity index (χ3v) is 2.90. The number of carbonyl (C=O) groups excluding carboxylic acids is 4. The van der Waals surface area contributed by atoms with Crippen molar-refractivity contribution in [3.8, 4) is 0 Å². The average Bonchev–Trinajstić information content (AvgIpc) is 2.16. The minimum Gasteiger partial charge on any atom is -0.374 e. The van der Waals surface area contributed by atoms with Crippen LogP contribution in [0.15, 0.2) is 0 Å². The number of hydrogen-bond donors (Lipinski definition) is 3. The molecular weight excluding hydrogens is 264 g/mol. The van der Waals surface area contributed by atoms with Crippen LogP contribution in [0, 0.1) is 5.92 Å². The van der Waals surface area contributed by atoms with Crippen molar-refractivity contribution in [2.45, 2.75) is 33.3 Å². The van der Waals surface area contributed by atoms with Crippen molar-refractivity contribution in [2.75, 3.05) is 0 Å². The first-order valence-electron chi connectivity index (χ1n) is 4.64. The van der Waals surface area contributed by atoms with Gasteiger partial charge in [-0.15, -0.1) is 25.3 Å². The maximum Gasteiger partial charge on any atom is 0.224 e. The number of aliphatic hydroxyl groups is 1. The highest BCUT2D eigenvalue weighted by Gasteiger charge is 2.32. The number of rotatable bonds is 4. The molecule has 17 heavy (non-hydrogen) atoms. The molecule has 98 valence electrons. The van der Waals surface area contributed by atoms with Gasteiger partial charge < -0.3 is 5.11 Å². The van der Waals surface area contributed by atoms with Gasteiger partial charge in [-0.25, -0.2) is 0 Å². The normalized spacial score (nSPS) is 14.8. The molecule has 0 heterocycles. The van der Waals surface area contributed by atoms with Gasteiger partial charge in [0.15, 0.2) is 16.5 Å². The Kier molecular flexibility index (Phi) is 8.39. The molecule has 7 heteroatoms. The molecule has 0 saturated carbocycles. The molecule has 0 radical (unpaired) electrons. The zero-order chi connectivity index (χ0) is 14.4. The first-order chi connectivity index (χ1) is 7.44. The highest BCUT2D eigenvalue weighted by molar-refractivity contribution is 7.97. The molecular formula is C10H16O5S2. The summed E-state index contributed by atoms with van der Waals surface area (Å²) in [5.74, 6) is -1.27. The van der Waals surface area contributed by atoms with Crippen LogP contribution in [0.2, 0.25) is 0 Å². The van der Waals surface area contributed by atoms with Gasteiger partial charge in [-0.1, -0.05) is 0 Å². The number of Topliss-reactive ketones (excluding diaryl/α,β-unsaturated/α-hetero) is 2. The fourth-order valence-corrected chi connectivity index (χ4v) is 0.664. The van der Waals surface area contributed by atoms with Crippen LogP contribution in [0.25, 0.3) is 0 Å². The molecule has 0 aromatic heterocycles. The van der Waals surface area contributed by atoms with Crippen LogP contribution in [0.5, 0.6) is 0 Å². The van der Waals surface area contributed by atoms with Crippen LogP contribution in [0.3, 0.4) is 0 Å². The predicted molar refractivity (Wildman–Crippen MR) is 69.1 cm³/mol. The van der Waals surface area contributed by atoms with Crippen LogP contribution in [-0.4, -0.2) is 32.5 Å². The Labute approximate surface area is 111 Å². The Morgan fingerprint density at radius 1 is 1.12 bits per heavy atom. The number of thiol groups is 2. The van der Waals surface area contributed by atoms with E-state index < -0.39 is 22.4 Å². The Balaban J connectivity index is 0. The molecule has 0 aliphatic heterocycles. The topological polar surface area (TPSA) is 88.5 Å². The number of hydrogen-bond acceptors (Lipinski definition) is 5. The van der Waals surface area contributed by atoms with Gasteiger partial charge in [0.2, 0.25) is 5.12 Å². The Morgan fingerprint density at radius 3 is 1.47 bits per heavy atom. The van der Waals surface area contributed by atoms with E-state index in [2.05, 4.69) is 25.3 Å². The molecule has 5 nitrogen and oxygen atoms in total. The van der Waals surface area contributed by atoms with Crippen LogP contribution in [0.1, 0.15) is 27.7 Å². The molecule has 0 amide bonds. The Morgan fingerprint density at radius 2 is 1.47 bits per heavy atom. The van der Waals surface area contributed by atoms with Crippen LogP contribution in [-0.2, 0) is 19.2 Å². The molecule has 0 aromatic carbocycles. The molecule has 0 aliphatic rings. The van der Waals surface area contributed by atoms with Crippen molar-refractivity contribution < 1.29 is 24.3 Å². The summed E-state index contributed by atoms with van der Waals surface area (Å²) < 4.78 is 0. The minimum absolute atomic E-state index is 0.134. The van der Waals surface area contributed by atoms with E-state index in [1.54, 1.807) is 0 Å². The minimum atomic E-state index is -1.91. The quantitative estimate of drug-likeness (QED) is 0.514. The van der Waals surface area contributed by atoms with Gasteiger partial charge in [0.1, 0.15) is 5.78 Å². The summed E-state index contributed by atoms with van der Waals surface area (Å²) in [7, 11) is 0. The summed E-state index contributed by atoms with van der Waals surface area (Å²) in [6, 6.07) is 0. The standard InChI is InChI=1S/C5H8O3S.C5H8O2S/c1-3(6)5(2,8)4(7)9;1-3(4(2)6)5(7)8/h8H,1-2H3,(H,7,9);3H,1-2H3,(H,7,8). The van der Waals surface area contributed by atoms with Crippen molar-refractivity contribution in [1.82, 2.24) is 0 Å². The molecule has 2 unspecified atom stereocenters. The van der Waals surface area contributed by atoms with Gasteiger partial charge in [-0.05, 0) is 27.7 Å². The first-order valence-corrected chi connectivity index (χ1v) is 5.54. The van der Waals surface area contributed by atoms with E-state index in [9.17, 15) is 19.2 Å². The molecule has 0 aliphatic carbocycles. The summed E-state index contributed by atoms with van der Waals surface area (Å²) in [5, 5.41) is 7.71. The second kappa shape index (κ2) is 7.62. The first kappa shape index (κ1) is 18.7. The van der Waals surface area contributed by atoms with Crippen molar-refractivity contribution in [3.05, 3.63) is 0 Å². The number of ketones is 2. The molecule has 1 N–H and O–H groups in total. The second-order valence-electron chi connectivity index (χ2n) is 3.60. The zero-order valence-electron chi connectivity index (χ0n) is 10.1. The molecule has 0 saturated heterocycles. The third-order valence-electron chi connectivity index (χ3n) is 2.08. The van der Waals surface area contributed by atoms with E-state index in [4.69, 9.17) is 5.11 Å². The fourth-order valence-electron chi connectivity index (χ4n) is 0.324. The maximum absolute atomic E-state index is 10.4. The second-order valence-corrected chi connectivity index (χ2v) is 4.45. The van der Waals surface area contributed by atoms with Crippen LogP contribution in [0.4, 0.5) is 0 Å². The lowest BCUT2D eigenvalue weighted by molar-refractivity contribution is -0.142. The summed E-state index contributed by atoms with van der Waals surface area (Å²) in [4.78, 5) is 41.2. The fraction of sp³-hybridized carbons (Fsp3) is 0.600. The van der Waals surface area contributed by atoms with E-state index in [-0.39, 0.29) is 10.9 Å². The lowest BCUT2D eigenvalue weighted by Crippen LogP contribution is -2.39. The van der Waals surface area contributed by atoms with Gasteiger partial charge in [-0.2, -0.15) is 0 Å². The van der Waals surface area contributed by atoms with Crippen LogP contribution < -0.4 is 0 Å². The summed E-state index contributed by atoms with van der Waals surface area (Å²) in [5.41, 5.74) is -1.91.